The maximum absolute atomic E-state index is 10.6. The molecule has 0 fully saturated rings. The van der Waals surface area contributed by atoms with Gasteiger partial charge in [-0.1, -0.05) is 0 Å². The molecule has 0 spiro atoms. The minimum atomic E-state index is -1.00. The quantitative estimate of drug-likeness (QED) is 0.485. The second kappa shape index (κ2) is 5.79. The van der Waals surface area contributed by atoms with Gasteiger partial charge in [-0.3, -0.25) is 9.78 Å². The molecule has 0 atom stereocenters. The van der Waals surface area contributed by atoms with Crippen molar-refractivity contribution in [2.75, 3.05) is 0 Å². The normalized spacial score (nSPS) is 10.5. The molecule has 5 heteroatoms. The van der Waals surface area contributed by atoms with Crippen LogP contribution >= 0.6 is 0 Å². The lowest BCUT2D eigenvalue weighted by Gasteiger charge is -2.06. The summed E-state index contributed by atoms with van der Waals surface area (Å²) < 4.78 is 0. The van der Waals surface area contributed by atoms with Gasteiger partial charge in [0.1, 0.15) is 0 Å². The van der Waals surface area contributed by atoms with Crippen LogP contribution in [0.5, 0.6) is 0 Å². The van der Waals surface area contributed by atoms with Crippen LogP contribution in [0.15, 0.2) is 0 Å². The van der Waals surface area contributed by atoms with Crippen molar-refractivity contribution in [2.45, 2.75) is 39.9 Å². The number of rotatable bonds is 4. The fourth-order valence-electron chi connectivity index (χ4n) is 0.285. The highest BCUT2D eigenvalue weighted by atomic mass is 17.3. The maximum Gasteiger partial charge on any atom is 0.573 e. The summed E-state index contributed by atoms with van der Waals surface area (Å²) in [6, 6.07) is 0. The number of hydrogen-bond donors (Lipinski definition) is 0. The largest absolute Gasteiger partial charge is 0.573 e. The number of hydrogen-bond acceptors (Lipinski definition) is 5. The van der Waals surface area contributed by atoms with Crippen LogP contribution < -0.4 is 0 Å². The van der Waals surface area contributed by atoms with Crippen molar-refractivity contribution in [1.29, 1.82) is 0 Å². The van der Waals surface area contributed by atoms with Crippen molar-refractivity contribution < 1.29 is 24.3 Å². The highest BCUT2D eigenvalue weighted by molar-refractivity contribution is 5.58. The monoisotopic (exact) mass is 178 g/mol. The van der Waals surface area contributed by atoms with Crippen LogP contribution in [0, 0.1) is 0 Å². The zero-order valence-electron chi connectivity index (χ0n) is 7.70. The summed E-state index contributed by atoms with van der Waals surface area (Å²) in [6.45, 7) is 6.88. The first-order valence-corrected chi connectivity index (χ1v) is 3.73. The van der Waals surface area contributed by atoms with Gasteiger partial charge in [-0.2, -0.15) is 14.6 Å². The SMILES string of the molecule is CC(C)OOC(=O)OOC(C)C. The summed E-state index contributed by atoms with van der Waals surface area (Å²) >= 11 is 0. The minimum Gasteiger partial charge on any atom is -0.257 e. The van der Waals surface area contributed by atoms with Crippen LogP contribution in [0.3, 0.4) is 0 Å². The van der Waals surface area contributed by atoms with E-state index in [1.807, 2.05) is 0 Å². The second-order valence-corrected chi connectivity index (χ2v) is 2.71. The van der Waals surface area contributed by atoms with Crippen LogP contribution in [-0.4, -0.2) is 18.4 Å². The van der Waals surface area contributed by atoms with E-state index < -0.39 is 6.16 Å². The molecule has 0 aliphatic rings. The second-order valence-electron chi connectivity index (χ2n) is 2.71. The van der Waals surface area contributed by atoms with Crippen molar-refractivity contribution in [3.63, 3.8) is 0 Å². The third-order valence-corrected chi connectivity index (χ3v) is 0.617. The minimum absolute atomic E-state index is 0.198. The van der Waals surface area contributed by atoms with Gasteiger partial charge in [-0.05, 0) is 27.7 Å². The fourth-order valence-corrected chi connectivity index (χ4v) is 0.285. The van der Waals surface area contributed by atoms with E-state index in [9.17, 15) is 4.79 Å². The van der Waals surface area contributed by atoms with Gasteiger partial charge >= 0.3 is 6.16 Å². The van der Waals surface area contributed by atoms with Gasteiger partial charge in [0.15, 0.2) is 0 Å². The Morgan fingerprint density at radius 2 is 1.25 bits per heavy atom. The standard InChI is InChI=1S/C7H14O5/c1-5(2)9-11-7(8)12-10-6(3)4/h5-6H,1-4H3. The molecule has 0 N–H and O–H groups in total. The first-order chi connectivity index (χ1) is 5.52. The van der Waals surface area contributed by atoms with Crippen LogP contribution in [-0.2, 0) is 19.6 Å². The van der Waals surface area contributed by atoms with E-state index >= 15 is 0 Å². The molecule has 12 heavy (non-hydrogen) atoms. The Morgan fingerprint density at radius 1 is 0.917 bits per heavy atom. The average molecular weight is 178 g/mol. The van der Waals surface area contributed by atoms with Crippen molar-refractivity contribution in [1.82, 2.24) is 0 Å². The Morgan fingerprint density at radius 3 is 1.50 bits per heavy atom. The summed E-state index contributed by atoms with van der Waals surface area (Å²) in [6.07, 6.45) is -1.40. The molecule has 0 aromatic carbocycles. The predicted octanol–water partition coefficient (Wildman–Crippen LogP) is 1.82. The van der Waals surface area contributed by atoms with E-state index in [-0.39, 0.29) is 12.2 Å². The van der Waals surface area contributed by atoms with Crippen LogP contribution in [0.2, 0.25) is 0 Å². The average Bonchev–Trinajstić information content (AvgIpc) is 1.96. The summed E-state index contributed by atoms with van der Waals surface area (Å²) in [5.74, 6) is 0. The van der Waals surface area contributed by atoms with Gasteiger partial charge in [0.05, 0.1) is 12.2 Å². The smallest absolute Gasteiger partial charge is 0.257 e. The lowest BCUT2D eigenvalue weighted by atomic mass is 10.5. The molecule has 0 heterocycles. The molecule has 0 amide bonds. The molecule has 0 unspecified atom stereocenters. The van der Waals surface area contributed by atoms with Crippen LogP contribution in [0.4, 0.5) is 4.79 Å². The lowest BCUT2D eigenvalue weighted by molar-refractivity contribution is -0.340. The molecule has 0 aliphatic carbocycles. The first kappa shape index (κ1) is 11.2. The Labute approximate surface area is 71.4 Å². The zero-order chi connectivity index (χ0) is 9.56. The summed E-state index contributed by atoms with van der Waals surface area (Å²) in [7, 11) is 0. The van der Waals surface area contributed by atoms with Crippen molar-refractivity contribution in [3.8, 4) is 0 Å². The molecule has 0 radical (unpaired) electrons. The molecular weight excluding hydrogens is 164 g/mol. The van der Waals surface area contributed by atoms with Gasteiger partial charge in [0.2, 0.25) is 0 Å². The van der Waals surface area contributed by atoms with Crippen molar-refractivity contribution in [3.05, 3.63) is 0 Å². The van der Waals surface area contributed by atoms with E-state index in [0.717, 1.165) is 0 Å². The highest BCUT2D eigenvalue weighted by Gasteiger charge is 2.08. The van der Waals surface area contributed by atoms with Gasteiger partial charge in [-0.15, -0.1) is 0 Å². The van der Waals surface area contributed by atoms with E-state index in [1.165, 1.54) is 0 Å². The fraction of sp³-hybridized carbons (Fsp3) is 0.857. The maximum atomic E-state index is 10.6. The van der Waals surface area contributed by atoms with Gasteiger partial charge < -0.3 is 0 Å². The lowest BCUT2D eigenvalue weighted by Crippen LogP contribution is -2.14. The Bertz CT molecular complexity index is 118. The van der Waals surface area contributed by atoms with Gasteiger partial charge in [0.25, 0.3) is 0 Å². The summed E-state index contributed by atoms with van der Waals surface area (Å²) in [5, 5.41) is 0. The number of carbonyl (C=O) groups is 1. The predicted molar refractivity (Wildman–Crippen MR) is 40.0 cm³/mol. The summed E-state index contributed by atoms with van der Waals surface area (Å²) in [5.41, 5.74) is 0. The van der Waals surface area contributed by atoms with E-state index in [1.54, 1.807) is 27.7 Å². The topological polar surface area (TPSA) is 54.0 Å². The van der Waals surface area contributed by atoms with E-state index in [2.05, 4.69) is 19.6 Å². The molecule has 0 bridgehead atoms. The molecular formula is C7H14O5. The highest BCUT2D eigenvalue weighted by Crippen LogP contribution is 1.95. The molecule has 0 rings (SSSR count). The molecule has 0 saturated heterocycles. The third-order valence-electron chi connectivity index (χ3n) is 0.617. The molecule has 72 valence electrons. The summed E-state index contributed by atoms with van der Waals surface area (Å²) in [4.78, 5) is 27.9. The molecule has 0 aromatic rings. The van der Waals surface area contributed by atoms with Crippen LogP contribution in [0.25, 0.3) is 0 Å². The van der Waals surface area contributed by atoms with E-state index in [4.69, 9.17) is 0 Å². The molecule has 0 aromatic heterocycles. The molecule has 5 nitrogen and oxygen atoms in total. The molecule has 0 aliphatic heterocycles. The van der Waals surface area contributed by atoms with Crippen LogP contribution in [0.1, 0.15) is 27.7 Å². The number of carbonyl (C=O) groups excluding carboxylic acids is 1. The third kappa shape index (κ3) is 7.30. The van der Waals surface area contributed by atoms with Crippen molar-refractivity contribution >= 4 is 6.16 Å². The van der Waals surface area contributed by atoms with Gasteiger partial charge in [0, 0.05) is 0 Å². The first-order valence-electron chi connectivity index (χ1n) is 3.73. The zero-order valence-corrected chi connectivity index (χ0v) is 7.70. The Hall–Kier alpha value is -0.810. The van der Waals surface area contributed by atoms with Crippen molar-refractivity contribution in [2.24, 2.45) is 0 Å². The Balaban J connectivity index is 3.34. The van der Waals surface area contributed by atoms with E-state index in [0.29, 0.717) is 0 Å². The molecule has 0 saturated carbocycles. The van der Waals surface area contributed by atoms with Gasteiger partial charge in [-0.25, -0.2) is 0 Å². The Kier molecular flexibility index (Phi) is 5.40.